The normalized spacial score (nSPS) is 12.0. The second-order valence-corrected chi connectivity index (χ2v) is 7.47. The van der Waals surface area contributed by atoms with E-state index in [1.165, 1.54) is 11.8 Å². The van der Waals surface area contributed by atoms with Gasteiger partial charge in [0.25, 0.3) is 0 Å². The smallest absolute Gasteiger partial charge is 0.235 e. The molecule has 1 amide bonds. The van der Waals surface area contributed by atoms with Gasteiger partial charge < -0.3 is 4.90 Å². The second-order valence-electron chi connectivity index (χ2n) is 5.32. The van der Waals surface area contributed by atoms with E-state index in [0.29, 0.717) is 27.6 Å². The highest BCUT2D eigenvalue weighted by molar-refractivity contribution is 8.00. The van der Waals surface area contributed by atoms with E-state index >= 15 is 0 Å². The monoisotopic (exact) mass is 384 g/mol. The summed E-state index contributed by atoms with van der Waals surface area (Å²) in [5, 5.41) is 9.88. The molecule has 1 aromatic heterocycles. The summed E-state index contributed by atoms with van der Waals surface area (Å²) in [6, 6.07) is 5.22. The van der Waals surface area contributed by atoms with Gasteiger partial charge >= 0.3 is 0 Å². The molecular weight excluding hydrogens is 367 g/mol. The second kappa shape index (κ2) is 8.05. The minimum atomic E-state index is -0.277. The maximum atomic E-state index is 12.1. The summed E-state index contributed by atoms with van der Waals surface area (Å²) in [5.74, 6) is 0.628. The summed E-state index contributed by atoms with van der Waals surface area (Å²) in [6.45, 7) is 6.12. The number of halogens is 2. The molecule has 0 saturated carbocycles. The molecule has 128 valence electrons. The summed E-state index contributed by atoms with van der Waals surface area (Å²) in [7, 11) is 3.46. The van der Waals surface area contributed by atoms with E-state index in [2.05, 4.69) is 16.8 Å². The fourth-order valence-corrected chi connectivity index (χ4v) is 3.61. The van der Waals surface area contributed by atoms with Gasteiger partial charge in [-0.2, -0.15) is 0 Å². The zero-order chi connectivity index (χ0) is 17.9. The Morgan fingerprint density at radius 3 is 2.71 bits per heavy atom. The minimum absolute atomic E-state index is 0.0132. The summed E-state index contributed by atoms with van der Waals surface area (Å²) in [6.07, 6.45) is 1.75. The number of carbonyl (C=O) groups is 1. The molecule has 24 heavy (non-hydrogen) atoms. The van der Waals surface area contributed by atoms with Crippen LogP contribution in [-0.2, 0) is 11.3 Å². The molecule has 0 aliphatic heterocycles. The molecule has 1 atom stereocenters. The zero-order valence-electron chi connectivity index (χ0n) is 13.7. The number of carbonyl (C=O) groups excluding carboxylic acids is 1. The van der Waals surface area contributed by atoms with E-state index < -0.39 is 0 Å². The first kappa shape index (κ1) is 18.8. The van der Waals surface area contributed by atoms with Crippen molar-refractivity contribution in [1.29, 1.82) is 0 Å². The number of hydrogen-bond donors (Lipinski definition) is 0. The van der Waals surface area contributed by atoms with Crippen molar-refractivity contribution in [2.75, 3.05) is 14.1 Å². The van der Waals surface area contributed by atoms with Gasteiger partial charge in [0.05, 0.1) is 10.3 Å². The molecule has 0 saturated heterocycles. The third-order valence-electron chi connectivity index (χ3n) is 3.27. The number of amides is 1. The Hall–Kier alpha value is -1.50. The number of hydrogen-bond acceptors (Lipinski definition) is 4. The lowest BCUT2D eigenvalue weighted by atomic mass is 10.2. The van der Waals surface area contributed by atoms with E-state index in [0.717, 1.165) is 5.56 Å². The predicted octanol–water partition coefficient (Wildman–Crippen LogP) is 4.01. The van der Waals surface area contributed by atoms with Crippen molar-refractivity contribution in [3.63, 3.8) is 0 Å². The number of allylic oxidation sites excluding steroid dienone is 1. The van der Waals surface area contributed by atoms with Crippen LogP contribution in [0.15, 0.2) is 36.0 Å². The molecule has 0 bridgehead atoms. The molecule has 8 heteroatoms. The lowest BCUT2D eigenvalue weighted by Gasteiger charge is -2.16. The number of benzene rings is 1. The van der Waals surface area contributed by atoms with Crippen LogP contribution in [0, 0.1) is 0 Å². The van der Waals surface area contributed by atoms with Crippen LogP contribution >= 0.6 is 35.0 Å². The molecule has 0 radical (unpaired) electrons. The van der Waals surface area contributed by atoms with Crippen LogP contribution in [0.3, 0.4) is 0 Å². The number of thioether (sulfide) groups is 1. The Balaban J connectivity index is 2.40. The fraction of sp³-hybridized carbons (Fsp3) is 0.312. The molecule has 0 aliphatic rings. The highest BCUT2D eigenvalue weighted by Crippen LogP contribution is 2.32. The molecule has 5 nitrogen and oxygen atoms in total. The van der Waals surface area contributed by atoms with Gasteiger partial charge in [0.15, 0.2) is 11.0 Å². The average Bonchev–Trinajstić information content (AvgIpc) is 2.89. The zero-order valence-corrected chi connectivity index (χ0v) is 16.0. The van der Waals surface area contributed by atoms with E-state index in [1.54, 1.807) is 43.3 Å². The topological polar surface area (TPSA) is 51.0 Å². The third-order valence-corrected chi connectivity index (χ3v) is 4.89. The molecule has 0 aliphatic carbocycles. The van der Waals surface area contributed by atoms with Crippen molar-refractivity contribution in [1.82, 2.24) is 19.7 Å². The molecule has 0 N–H and O–H groups in total. The first-order valence-electron chi connectivity index (χ1n) is 7.22. The molecule has 1 unspecified atom stereocenters. The predicted molar refractivity (Wildman–Crippen MR) is 99.7 cm³/mol. The summed E-state index contributed by atoms with van der Waals surface area (Å²) < 4.78 is 1.88. The summed E-state index contributed by atoms with van der Waals surface area (Å²) >= 11 is 13.6. The maximum absolute atomic E-state index is 12.1. The molecular formula is C16H18Cl2N4OS. The Labute approximate surface area is 155 Å². The van der Waals surface area contributed by atoms with E-state index in [-0.39, 0.29) is 11.2 Å². The third kappa shape index (κ3) is 4.12. The average molecular weight is 385 g/mol. The van der Waals surface area contributed by atoms with E-state index in [9.17, 15) is 4.79 Å². The SMILES string of the molecule is C=CCn1c(SC(C)C(=O)N(C)C)nnc1-c1ccc(Cl)cc1Cl. The van der Waals surface area contributed by atoms with Gasteiger partial charge in [-0.05, 0) is 25.1 Å². The first-order chi connectivity index (χ1) is 11.3. The van der Waals surface area contributed by atoms with Gasteiger partial charge in [0, 0.05) is 31.2 Å². The lowest BCUT2D eigenvalue weighted by Crippen LogP contribution is -2.29. The Kier molecular flexibility index (Phi) is 6.32. The van der Waals surface area contributed by atoms with E-state index in [1.807, 2.05) is 11.5 Å². The van der Waals surface area contributed by atoms with Crippen LogP contribution in [0.1, 0.15) is 6.92 Å². The fourth-order valence-electron chi connectivity index (χ4n) is 2.11. The van der Waals surface area contributed by atoms with Crippen molar-refractivity contribution in [2.24, 2.45) is 0 Å². The van der Waals surface area contributed by atoms with Crippen LogP contribution < -0.4 is 0 Å². The highest BCUT2D eigenvalue weighted by atomic mass is 35.5. The van der Waals surface area contributed by atoms with Crippen molar-refractivity contribution in [2.45, 2.75) is 23.9 Å². The first-order valence-corrected chi connectivity index (χ1v) is 8.86. The van der Waals surface area contributed by atoms with Crippen LogP contribution in [0.5, 0.6) is 0 Å². The molecule has 0 spiro atoms. The summed E-state index contributed by atoms with van der Waals surface area (Å²) in [4.78, 5) is 13.6. The lowest BCUT2D eigenvalue weighted by molar-refractivity contribution is -0.127. The van der Waals surface area contributed by atoms with Crippen LogP contribution in [0.4, 0.5) is 0 Å². The van der Waals surface area contributed by atoms with Gasteiger partial charge in [-0.15, -0.1) is 16.8 Å². The van der Waals surface area contributed by atoms with Gasteiger partial charge in [0.2, 0.25) is 5.91 Å². The van der Waals surface area contributed by atoms with Crippen LogP contribution in [0.25, 0.3) is 11.4 Å². The molecule has 2 rings (SSSR count). The minimum Gasteiger partial charge on any atom is -0.348 e. The van der Waals surface area contributed by atoms with Crippen molar-refractivity contribution >= 4 is 40.9 Å². The summed E-state index contributed by atoms with van der Waals surface area (Å²) in [5.41, 5.74) is 0.730. The number of aromatic nitrogens is 3. The van der Waals surface area contributed by atoms with Gasteiger partial charge in [-0.3, -0.25) is 9.36 Å². The van der Waals surface area contributed by atoms with Crippen LogP contribution in [0.2, 0.25) is 10.0 Å². The Morgan fingerprint density at radius 1 is 1.42 bits per heavy atom. The largest absolute Gasteiger partial charge is 0.348 e. The molecule has 0 fully saturated rings. The molecule has 1 aromatic carbocycles. The van der Waals surface area contributed by atoms with Gasteiger partial charge in [0.1, 0.15) is 0 Å². The van der Waals surface area contributed by atoms with Gasteiger partial charge in [-0.1, -0.05) is 41.0 Å². The van der Waals surface area contributed by atoms with E-state index in [4.69, 9.17) is 23.2 Å². The Morgan fingerprint density at radius 2 is 2.12 bits per heavy atom. The van der Waals surface area contributed by atoms with Crippen molar-refractivity contribution < 1.29 is 4.79 Å². The van der Waals surface area contributed by atoms with Crippen LogP contribution in [-0.4, -0.2) is 44.9 Å². The standard InChI is InChI=1S/C16H18Cl2N4OS/c1-5-8-22-14(12-7-6-11(17)9-13(12)18)19-20-16(22)24-10(2)15(23)21(3)4/h5-7,9-10H,1,8H2,2-4H3. The molecule has 1 heterocycles. The highest BCUT2D eigenvalue weighted by Gasteiger charge is 2.22. The quantitative estimate of drug-likeness (QED) is 0.557. The van der Waals surface area contributed by atoms with Crippen molar-refractivity contribution in [3.05, 3.63) is 40.9 Å². The number of rotatable bonds is 6. The van der Waals surface area contributed by atoms with Gasteiger partial charge in [-0.25, -0.2) is 0 Å². The van der Waals surface area contributed by atoms with Crippen molar-refractivity contribution in [3.8, 4) is 11.4 Å². The Bertz CT molecular complexity index is 761. The number of nitrogens with zero attached hydrogens (tertiary/aromatic N) is 4. The molecule has 2 aromatic rings. The maximum Gasteiger partial charge on any atom is 0.235 e.